The lowest BCUT2D eigenvalue weighted by molar-refractivity contribution is 0.0521. The zero-order valence-electron chi connectivity index (χ0n) is 18.5. The van der Waals surface area contributed by atoms with E-state index in [4.69, 9.17) is 21.3 Å². The lowest BCUT2D eigenvalue weighted by atomic mass is 10.2. The van der Waals surface area contributed by atoms with Crippen LogP contribution in [0.3, 0.4) is 0 Å². The fraction of sp³-hybridized carbons (Fsp3) is 0.0769. The molecule has 5 rings (SSSR count). The van der Waals surface area contributed by atoms with Gasteiger partial charge in [-0.2, -0.15) is 5.10 Å². The summed E-state index contributed by atoms with van der Waals surface area (Å²) in [6, 6.07) is 23.5. The van der Waals surface area contributed by atoms with Gasteiger partial charge in [0.1, 0.15) is 11.2 Å². The molecule has 9 heteroatoms. The Labute approximate surface area is 213 Å². The van der Waals surface area contributed by atoms with Gasteiger partial charge in [-0.1, -0.05) is 57.9 Å². The number of esters is 1. The summed E-state index contributed by atoms with van der Waals surface area (Å²) in [6.07, 6.45) is 0. The SMILES string of the molecule is CCOC(=O)c1nn(-c2ccccc2)c2nc(-c3ccc(Br)cc3)n(-c3ccc(Cl)cc3)c(=O)c12. The van der Waals surface area contributed by atoms with Crippen molar-refractivity contribution in [1.29, 1.82) is 0 Å². The van der Waals surface area contributed by atoms with Crippen molar-refractivity contribution in [2.45, 2.75) is 6.92 Å². The molecule has 5 aromatic rings. The van der Waals surface area contributed by atoms with Crippen LogP contribution in [0.1, 0.15) is 17.4 Å². The first-order valence-electron chi connectivity index (χ1n) is 10.8. The van der Waals surface area contributed by atoms with Crippen molar-refractivity contribution in [2.75, 3.05) is 6.61 Å². The van der Waals surface area contributed by atoms with Gasteiger partial charge in [0.2, 0.25) is 0 Å². The van der Waals surface area contributed by atoms with E-state index in [1.807, 2.05) is 54.6 Å². The molecule has 0 bridgehead atoms. The van der Waals surface area contributed by atoms with Crippen molar-refractivity contribution >= 4 is 44.5 Å². The minimum atomic E-state index is -0.690. The van der Waals surface area contributed by atoms with Gasteiger partial charge in [0.15, 0.2) is 11.3 Å². The van der Waals surface area contributed by atoms with Crippen molar-refractivity contribution in [3.05, 3.63) is 104 Å². The molecular weight excluding hydrogens is 532 g/mol. The second-order valence-electron chi connectivity index (χ2n) is 7.57. The molecule has 0 aliphatic heterocycles. The van der Waals surface area contributed by atoms with Crippen LogP contribution in [-0.4, -0.2) is 31.9 Å². The van der Waals surface area contributed by atoms with Gasteiger partial charge in [-0.15, -0.1) is 0 Å². The largest absolute Gasteiger partial charge is 0.461 e. The van der Waals surface area contributed by atoms with Crippen LogP contribution < -0.4 is 5.56 Å². The number of aromatic nitrogens is 4. The van der Waals surface area contributed by atoms with E-state index in [1.54, 1.807) is 31.2 Å². The Bertz CT molecular complexity index is 1600. The second-order valence-corrected chi connectivity index (χ2v) is 8.93. The van der Waals surface area contributed by atoms with Crippen LogP contribution in [0.5, 0.6) is 0 Å². The first kappa shape index (κ1) is 23.0. The lowest BCUT2D eigenvalue weighted by Crippen LogP contribution is -2.23. The van der Waals surface area contributed by atoms with Crippen LogP contribution in [0.25, 0.3) is 33.8 Å². The number of ether oxygens (including phenoxy) is 1. The number of benzene rings is 3. The maximum absolute atomic E-state index is 14.1. The molecule has 0 atom stereocenters. The average molecular weight is 550 g/mol. The topological polar surface area (TPSA) is 79.0 Å². The quantitative estimate of drug-likeness (QED) is 0.258. The molecule has 0 radical (unpaired) electrons. The number of rotatable bonds is 5. The maximum Gasteiger partial charge on any atom is 0.359 e. The summed E-state index contributed by atoms with van der Waals surface area (Å²) in [7, 11) is 0. The van der Waals surface area contributed by atoms with Gasteiger partial charge in [0.05, 0.1) is 18.0 Å². The highest BCUT2D eigenvalue weighted by Gasteiger charge is 2.26. The van der Waals surface area contributed by atoms with E-state index in [2.05, 4.69) is 21.0 Å². The molecule has 0 saturated carbocycles. The summed E-state index contributed by atoms with van der Waals surface area (Å²) in [4.78, 5) is 31.8. The van der Waals surface area contributed by atoms with Crippen LogP contribution in [0.15, 0.2) is 88.1 Å². The monoisotopic (exact) mass is 548 g/mol. The van der Waals surface area contributed by atoms with Crippen LogP contribution in [-0.2, 0) is 4.74 Å². The second kappa shape index (κ2) is 9.48. The number of halogens is 2. The van der Waals surface area contributed by atoms with Crippen molar-refractivity contribution in [3.8, 4) is 22.8 Å². The van der Waals surface area contributed by atoms with E-state index in [1.165, 1.54) is 9.25 Å². The molecule has 0 N–H and O–H groups in total. The Morgan fingerprint density at radius 3 is 2.31 bits per heavy atom. The van der Waals surface area contributed by atoms with Crippen molar-refractivity contribution in [1.82, 2.24) is 19.3 Å². The van der Waals surface area contributed by atoms with Crippen LogP contribution in [0.4, 0.5) is 0 Å². The molecule has 3 aromatic carbocycles. The fourth-order valence-corrected chi connectivity index (χ4v) is 4.17. The van der Waals surface area contributed by atoms with E-state index in [9.17, 15) is 9.59 Å². The molecule has 7 nitrogen and oxygen atoms in total. The minimum absolute atomic E-state index is 0.0723. The Morgan fingerprint density at radius 2 is 1.66 bits per heavy atom. The van der Waals surface area contributed by atoms with Crippen LogP contribution >= 0.6 is 27.5 Å². The predicted octanol–water partition coefficient (Wildman–Crippen LogP) is 5.83. The third kappa shape index (κ3) is 4.26. The molecule has 2 heterocycles. The molecule has 0 saturated heterocycles. The van der Waals surface area contributed by atoms with E-state index < -0.39 is 11.5 Å². The highest BCUT2D eigenvalue weighted by molar-refractivity contribution is 9.10. The highest BCUT2D eigenvalue weighted by atomic mass is 79.9. The van der Waals surface area contributed by atoms with E-state index in [0.717, 1.165) is 4.47 Å². The van der Waals surface area contributed by atoms with Gasteiger partial charge >= 0.3 is 5.97 Å². The van der Waals surface area contributed by atoms with Gasteiger partial charge in [-0.25, -0.2) is 14.5 Å². The van der Waals surface area contributed by atoms with E-state index in [-0.39, 0.29) is 23.3 Å². The molecule has 0 amide bonds. The Kier molecular flexibility index (Phi) is 6.23. The third-order valence-electron chi connectivity index (χ3n) is 5.36. The van der Waals surface area contributed by atoms with Crippen molar-refractivity contribution < 1.29 is 9.53 Å². The molecule has 35 heavy (non-hydrogen) atoms. The van der Waals surface area contributed by atoms with Gasteiger partial charge in [0.25, 0.3) is 5.56 Å². The summed E-state index contributed by atoms with van der Waals surface area (Å²) in [5.41, 5.74) is 1.64. The predicted molar refractivity (Wildman–Crippen MR) is 139 cm³/mol. The number of carbonyl (C=O) groups excluding carboxylic acids is 1. The summed E-state index contributed by atoms with van der Waals surface area (Å²) in [5, 5.41) is 5.08. The Hall–Kier alpha value is -3.75. The first-order chi connectivity index (χ1) is 17.0. The maximum atomic E-state index is 14.1. The molecular formula is C26H18BrClN4O3. The number of hydrogen-bond donors (Lipinski definition) is 0. The minimum Gasteiger partial charge on any atom is -0.461 e. The summed E-state index contributed by atoms with van der Waals surface area (Å²) >= 11 is 9.55. The van der Waals surface area contributed by atoms with E-state index >= 15 is 0 Å². The first-order valence-corrected chi connectivity index (χ1v) is 11.9. The van der Waals surface area contributed by atoms with Gasteiger partial charge in [-0.05, 0) is 55.5 Å². The molecule has 0 aliphatic carbocycles. The number of fused-ring (bicyclic) bond motifs is 1. The molecule has 0 fully saturated rings. The van der Waals surface area contributed by atoms with Gasteiger partial charge < -0.3 is 4.74 Å². The summed E-state index contributed by atoms with van der Waals surface area (Å²) in [5.74, 6) is -0.296. The lowest BCUT2D eigenvalue weighted by Gasteiger charge is -2.14. The Morgan fingerprint density at radius 1 is 0.971 bits per heavy atom. The smallest absolute Gasteiger partial charge is 0.359 e. The Balaban J connectivity index is 1.91. The molecule has 2 aromatic heterocycles. The standard InChI is InChI=1S/C26H18BrClN4O3/c1-2-35-26(34)22-21-24(32(30-22)20-6-4-3-5-7-20)29-23(16-8-10-17(27)11-9-16)31(25(21)33)19-14-12-18(28)13-15-19/h3-15H,2H2,1H3. The number of nitrogens with zero attached hydrogens (tertiary/aromatic N) is 4. The van der Waals surface area contributed by atoms with Gasteiger partial charge in [-0.3, -0.25) is 9.36 Å². The number of carbonyl (C=O) groups is 1. The normalized spacial score (nSPS) is 11.1. The molecule has 0 unspecified atom stereocenters. The number of hydrogen-bond acceptors (Lipinski definition) is 5. The average Bonchev–Trinajstić information content (AvgIpc) is 3.26. The number of para-hydroxylation sites is 1. The molecule has 174 valence electrons. The van der Waals surface area contributed by atoms with Crippen LogP contribution in [0, 0.1) is 0 Å². The highest BCUT2D eigenvalue weighted by Crippen LogP contribution is 2.27. The third-order valence-corrected chi connectivity index (χ3v) is 6.14. The van der Waals surface area contributed by atoms with E-state index in [0.29, 0.717) is 27.8 Å². The zero-order chi connectivity index (χ0) is 24.5. The zero-order valence-corrected chi connectivity index (χ0v) is 20.8. The molecule has 0 spiro atoms. The van der Waals surface area contributed by atoms with Crippen LogP contribution in [0.2, 0.25) is 5.02 Å². The van der Waals surface area contributed by atoms with Gasteiger partial charge in [0, 0.05) is 15.1 Å². The fourth-order valence-electron chi connectivity index (χ4n) is 3.78. The van der Waals surface area contributed by atoms with Crippen molar-refractivity contribution in [2.24, 2.45) is 0 Å². The molecule has 0 aliphatic rings. The van der Waals surface area contributed by atoms with Crippen molar-refractivity contribution in [3.63, 3.8) is 0 Å². The summed E-state index contributed by atoms with van der Waals surface area (Å²) in [6.45, 7) is 1.85. The summed E-state index contributed by atoms with van der Waals surface area (Å²) < 4.78 is 9.06.